The molecule has 1 aliphatic carbocycles. The van der Waals surface area contributed by atoms with Gasteiger partial charge in [0.05, 0.1) is 5.56 Å². The summed E-state index contributed by atoms with van der Waals surface area (Å²) in [5.74, 6) is -0.290. The van der Waals surface area contributed by atoms with Crippen LogP contribution in [0.5, 0.6) is 0 Å². The molecular weight excluding hydrogens is 275 g/mol. The maximum atomic E-state index is 13.1. The first-order valence-corrected chi connectivity index (χ1v) is 6.96. The second kappa shape index (κ2) is 5.22. The molecule has 0 atom stereocenters. The molecule has 1 heterocycles. The second-order valence-corrected chi connectivity index (χ2v) is 5.26. The van der Waals surface area contributed by atoms with E-state index in [4.69, 9.17) is 11.6 Å². The van der Waals surface area contributed by atoms with E-state index in [1.807, 2.05) is 0 Å². The predicted octanol–water partition coefficient (Wildman–Crippen LogP) is 4.29. The minimum absolute atomic E-state index is 0.243. The van der Waals surface area contributed by atoms with Gasteiger partial charge in [-0.2, -0.15) is 5.26 Å². The van der Waals surface area contributed by atoms with Gasteiger partial charge in [-0.1, -0.05) is 23.7 Å². The lowest BCUT2D eigenvalue weighted by Crippen LogP contribution is -2.09. The van der Waals surface area contributed by atoms with E-state index in [9.17, 15) is 9.65 Å². The van der Waals surface area contributed by atoms with E-state index in [1.54, 1.807) is 12.1 Å². The summed E-state index contributed by atoms with van der Waals surface area (Å²) < 4.78 is 13.1. The van der Waals surface area contributed by atoms with Crippen molar-refractivity contribution in [3.8, 4) is 17.2 Å². The SMILES string of the molecule is N#Cc1c(Cl)nc2c(c1-c1ccc(F)cc1)CCCC2. The van der Waals surface area contributed by atoms with Crippen LogP contribution in [0.4, 0.5) is 4.39 Å². The fraction of sp³-hybridized carbons (Fsp3) is 0.250. The van der Waals surface area contributed by atoms with Gasteiger partial charge in [0.25, 0.3) is 0 Å². The van der Waals surface area contributed by atoms with Crippen molar-refractivity contribution in [1.29, 1.82) is 5.26 Å². The number of halogens is 2. The van der Waals surface area contributed by atoms with Gasteiger partial charge in [-0.05, 0) is 48.9 Å². The van der Waals surface area contributed by atoms with Gasteiger partial charge in [0.1, 0.15) is 17.0 Å². The molecule has 2 nitrogen and oxygen atoms in total. The number of hydrogen-bond acceptors (Lipinski definition) is 2. The first-order valence-electron chi connectivity index (χ1n) is 6.58. The van der Waals surface area contributed by atoms with Gasteiger partial charge >= 0.3 is 0 Å². The molecule has 100 valence electrons. The topological polar surface area (TPSA) is 36.7 Å². The molecule has 1 aliphatic rings. The van der Waals surface area contributed by atoms with Crippen LogP contribution in [0.3, 0.4) is 0 Å². The molecule has 2 aromatic rings. The van der Waals surface area contributed by atoms with Crippen LogP contribution in [0.25, 0.3) is 11.1 Å². The Labute approximate surface area is 121 Å². The van der Waals surface area contributed by atoms with Crippen molar-refractivity contribution in [2.75, 3.05) is 0 Å². The molecule has 0 radical (unpaired) electrons. The van der Waals surface area contributed by atoms with E-state index in [0.29, 0.717) is 5.56 Å². The number of rotatable bonds is 1. The number of hydrogen-bond donors (Lipinski definition) is 0. The first-order chi connectivity index (χ1) is 9.70. The number of nitrogens with zero attached hydrogens (tertiary/aromatic N) is 2. The summed E-state index contributed by atoms with van der Waals surface area (Å²) in [6.45, 7) is 0. The van der Waals surface area contributed by atoms with Crippen molar-refractivity contribution in [2.24, 2.45) is 0 Å². The van der Waals surface area contributed by atoms with Gasteiger partial charge in [-0.25, -0.2) is 9.37 Å². The molecule has 20 heavy (non-hydrogen) atoms. The zero-order valence-electron chi connectivity index (χ0n) is 10.8. The number of nitriles is 1. The third kappa shape index (κ3) is 2.17. The Balaban J connectivity index is 2.29. The Morgan fingerprint density at radius 2 is 1.85 bits per heavy atom. The Hall–Kier alpha value is -1.92. The van der Waals surface area contributed by atoms with Crippen LogP contribution in [-0.2, 0) is 12.8 Å². The summed E-state index contributed by atoms with van der Waals surface area (Å²) in [4.78, 5) is 4.36. The zero-order chi connectivity index (χ0) is 14.1. The molecule has 0 amide bonds. The minimum atomic E-state index is -0.290. The average molecular weight is 287 g/mol. The highest BCUT2D eigenvalue weighted by atomic mass is 35.5. The van der Waals surface area contributed by atoms with Gasteiger partial charge in [0.15, 0.2) is 0 Å². The molecule has 0 spiro atoms. The highest BCUT2D eigenvalue weighted by Crippen LogP contribution is 2.36. The molecule has 0 N–H and O–H groups in total. The van der Waals surface area contributed by atoms with E-state index < -0.39 is 0 Å². The lowest BCUT2D eigenvalue weighted by atomic mass is 9.87. The van der Waals surface area contributed by atoms with Crippen LogP contribution in [-0.4, -0.2) is 4.98 Å². The monoisotopic (exact) mass is 286 g/mol. The highest BCUT2D eigenvalue weighted by molar-refractivity contribution is 6.31. The lowest BCUT2D eigenvalue weighted by Gasteiger charge is -2.20. The fourth-order valence-corrected chi connectivity index (χ4v) is 2.99. The van der Waals surface area contributed by atoms with Gasteiger partial charge in [0, 0.05) is 11.3 Å². The summed E-state index contributed by atoms with van der Waals surface area (Å²) in [5, 5.41) is 9.61. The molecular formula is C16H12ClFN2. The standard InChI is InChI=1S/C16H12ClFN2/c17-16-13(9-19)15(10-5-7-11(18)8-6-10)12-3-1-2-4-14(12)20-16/h5-8H,1-4H2. The fourth-order valence-electron chi connectivity index (χ4n) is 2.75. The van der Waals surface area contributed by atoms with E-state index in [0.717, 1.165) is 48.1 Å². The predicted molar refractivity (Wildman–Crippen MR) is 76.0 cm³/mol. The third-order valence-electron chi connectivity index (χ3n) is 3.67. The van der Waals surface area contributed by atoms with Crippen LogP contribution < -0.4 is 0 Å². The number of fused-ring (bicyclic) bond motifs is 1. The quantitative estimate of drug-likeness (QED) is 0.733. The lowest BCUT2D eigenvalue weighted by molar-refractivity contribution is 0.628. The van der Waals surface area contributed by atoms with E-state index in [1.165, 1.54) is 12.1 Å². The van der Waals surface area contributed by atoms with Gasteiger partial charge < -0.3 is 0 Å². The largest absolute Gasteiger partial charge is 0.239 e. The minimum Gasteiger partial charge on any atom is -0.239 e. The van der Waals surface area contributed by atoms with Gasteiger partial charge in [0.2, 0.25) is 0 Å². The van der Waals surface area contributed by atoms with Crippen LogP contribution >= 0.6 is 11.6 Å². The summed E-state index contributed by atoms with van der Waals surface area (Å²) in [7, 11) is 0. The smallest absolute Gasteiger partial charge is 0.147 e. The first kappa shape index (κ1) is 13.1. The zero-order valence-corrected chi connectivity index (χ0v) is 11.5. The number of aryl methyl sites for hydroxylation is 1. The summed E-state index contributed by atoms with van der Waals surface area (Å²) in [5.41, 5.74) is 4.09. The number of benzene rings is 1. The Morgan fingerprint density at radius 3 is 2.55 bits per heavy atom. The summed E-state index contributed by atoms with van der Waals surface area (Å²) in [6.07, 6.45) is 3.94. The number of pyridine rings is 1. The molecule has 0 saturated carbocycles. The van der Waals surface area contributed by atoms with Crippen molar-refractivity contribution in [3.63, 3.8) is 0 Å². The second-order valence-electron chi connectivity index (χ2n) is 4.90. The van der Waals surface area contributed by atoms with Crippen molar-refractivity contribution in [1.82, 2.24) is 4.98 Å². The molecule has 1 aromatic heterocycles. The summed E-state index contributed by atoms with van der Waals surface area (Å²) in [6, 6.07) is 8.33. The van der Waals surface area contributed by atoms with Crippen molar-refractivity contribution in [2.45, 2.75) is 25.7 Å². The van der Waals surface area contributed by atoms with Crippen molar-refractivity contribution < 1.29 is 4.39 Å². The maximum absolute atomic E-state index is 13.1. The molecule has 0 bridgehead atoms. The van der Waals surface area contributed by atoms with Crippen LogP contribution in [0.15, 0.2) is 24.3 Å². The molecule has 0 unspecified atom stereocenters. The average Bonchev–Trinajstić information content (AvgIpc) is 2.47. The normalized spacial score (nSPS) is 13.7. The third-order valence-corrected chi connectivity index (χ3v) is 3.95. The molecule has 0 saturated heterocycles. The molecule has 3 rings (SSSR count). The van der Waals surface area contributed by atoms with E-state index in [2.05, 4.69) is 11.1 Å². The van der Waals surface area contributed by atoms with Gasteiger partial charge in [-0.15, -0.1) is 0 Å². The molecule has 4 heteroatoms. The Morgan fingerprint density at radius 1 is 1.15 bits per heavy atom. The molecule has 0 aliphatic heterocycles. The molecule has 1 aromatic carbocycles. The van der Waals surface area contributed by atoms with E-state index >= 15 is 0 Å². The van der Waals surface area contributed by atoms with Crippen molar-refractivity contribution >= 4 is 11.6 Å². The van der Waals surface area contributed by atoms with Crippen molar-refractivity contribution in [3.05, 3.63) is 52.1 Å². The number of aromatic nitrogens is 1. The summed E-state index contributed by atoms with van der Waals surface area (Å²) >= 11 is 6.14. The Kier molecular flexibility index (Phi) is 3.42. The van der Waals surface area contributed by atoms with Crippen LogP contribution in [0.2, 0.25) is 5.15 Å². The molecule has 0 fully saturated rings. The highest BCUT2D eigenvalue weighted by Gasteiger charge is 2.22. The Bertz CT molecular complexity index is 702. The van der Waals surface area contributed by atoms with Gasteiger partial charge in [-0.3, -0.25) is 0 Å². The van der Waals surface area contributed by atoms with E-state index in [-0.39, 0.29) is 11.0 Å². The van der Waals surface area contributed by atoms with Crippen LogP contribution in [0, 0.1) is 17.1 Å². The van der Waals surface area contributed by atoms with Crippen LogP contribution in [0.1, 0.15) is 29.7 Å². The maximum Gasteiger partial charge on any atom is 0.147 e.